The zero-order chi connectivity index (χ0) is 39.9. The molecular formula is C41H43N3O11. The van der Waals surface area contributed by atoms with Crippen LogP contribution >= 0.6 is 0 Å². The van der Waals surface area contributed by atoms with E-state index in [1.54, 1.807) is 60.7 Å². The third kappa shape index (κ3) is 11.6. The topological polar surface area (TPSA) is 200 Å². The number of benzene rings is 2. The minimum atomic E-state index is -1.58. The van der Waals surface area contributed by atoms with Crippen LogP contribution in [0.3, 0.4) is 0 Å². The van der Waals surface area contributed by atoms with E-state index in [0.717, 1.165) is 21.9 Å². The van der Waals surface area contributed by atoms with Crippen molar-refractivity contribution in [3.05, 3.63) is 141 Å². The number of hydrogen-bond acceptors (Lipinski definition) is 10. The lowest BCUT2D eigenvalue weighted by Gasteiger charge is -2.19. The Morgan fingerprint density at radius 1 is 0.891 bits per heavy atom. The van der Waals surface area contributed by atoms with Crippen LogP contribution in [-0.2, 0) is 30.3 Å². The van der Waals surface area contributed by atoms with E-state index in [2.05, 4.69) is 23.5 Å². The van der Waals surface area contributed by atoms with Crippen LogP contribution < -0.4 is 16.6 Å². The summed E-state index contributed by atoms with van der Waals surface area (Å²) in [6.45, 7) is 8.04. The summed E-state index contributed by atoms with van der Waals surface area (Å²) in [5, 5.41) is 11.8. The predicted octanol–water partition coefficient (Wildman–Crippen LogP) is 4.46. The molecule has 0 radical (unpaired) electrons. The van der Waals surface area contributed by atoms with Crippen LogP contribution in [0.1, 0.15) is 62.6 Å². The Balaban J connectivity index is 1.55. The third-order valence-electron chi connectivity index (χ3n) is 8.61. The van der Waals surface area contributed by atoms with E-state index in [4.69, 9.17) is 14.2 Å². The number of carbonyl (C=O) groups excluding carboxylic acids is 4. The number of hydrogen-bond donors (Lipinski definition) is 3. The molecule has 1 atom stereocenters. The van der Waals surface area contributed by atoms with Gasteiger partial charge in [0.2, 0.25) is 0 Å². The van der Waals surface area contributed by atoms with Crippen molar-refractivity contribution in [2.45, 2.75) is 44.7 Å². The zero-order valence-corrected chi connectivity index (χ0v) is 30.4. The molecule has 1 aromatic heterocycles. The molecule has 4 rings (SSSR count). The standard InChI is InChI=1S/C41H43N3O11/c1-4-6-8-10-16-53-24-36(46)27-12-14-29-30-15-13-28(37(47)25-54-17-11-9-7-5-2)19-32(30)33(31(29)18-27)23-55-41(52)42-34(20-38(48)49)35(45)22-44-21-26(3)39(50)43-40(44)51/h4-9,12-15,18-19,21,33-34H,1-2,10-11,16-17,20,22-25H2,3H3,(H,42,52)(H,48,49)(H,43,50,51)/b8-6+,9-7+. The smallest absolute Gasteiger partial charge is 0.407 e. The quantitative estimate of drug-likeness (QED) is 0.0744. The molecule has 1 aliphatic carbocycles. The molecule has 0 spiro atoms. The summed E-state index contributed by atoms with van der Waals surface area (Å²) in [6, 6.07) is 8.69. The van der Waals surface area contributed by atoms with E-state index in [0.29, 0.717) is 48.3 Å². The SMILES string of the molecule is C=C/C=C/CCOCC(=O)c1ccc2c(c1)C(COC(=O)NC(CC(=O)O)C(=O)Cn1cc(C)c(=O)[nH]c1=O)c1cc(C(=O)COCC/C=C/C=C)ccc1-2. The molecule has 3 aromatic rings. The number of carbonyl (C=O) groups is 5. The second-order valence-corrected chi connectivity index (χ2v) is 12.6. The summed E-state index contributed by atoms with van der Waals surface area (Å²) in [5.74, 6) is -3.43. The van der Waals surface area contributed by atoms with Gasteiger partial charge in [0.15, 0.2) is 17.3 Å². The van der Waals surface area contributed by atoms with E-state index >= 15 is 0 Å². The fourth-order valence-electron chi connectivity index (χ4n) is 5.85. The number of amides is 1. The van der Waals surface area contributed by atoms with Gasteiger partial charge in [-0.25, -0.2) is 9.59 Å². The van der Waals surface area contributed by atoms with Gasteiger partial charge >= 0.3 is 17.8 Å². The Bertz CT molecular complexity index is 2040. The number of ketones is 3. The minimum Gasteiger partial charge on any atom is -0.481 e. The van der Waals surface area contributed by atoms with Gasteiger partial charge in [0.1, 0.15) is 25.9 Å². The van der Waals surface area contributed by atoms with Gasteiger partial charge in [-0.15, -0.1) is 0 Å². The molecule has 14 heteroatoms. The molecule has 1 unspecified atom stereocenters. The van der Waals surface area contributed by atoms with Crippen LogP contribution in [0.15, 0.2) is 102 Å². The maximum atomic E-state index is 13.2. The number of aromatic amines is 1. The Morgan fingerprint density at radius 3 is 1.95 bits per heavy atom. The third-order valence-corrected chi connectivity index (χ3v) is 8.61. The van der Waals surface area contributed by atoms with Crippen LogP contribution in [-0.4, -0.2) is 83.1 Å². The Morgan fingerprint density at radius 2 is 1.44 bits per heavy atom. The number of aliphatic carboxylic acids is 1. The molecule has 3 N–H and O–H groups in total. The van der Waals surface area contributed by atoms with Crippen molar-refractivity contribution < 1.29 is 43.3 Å². The van der Waals surface area contributed by atoms with E-state index in [1.807, 2.05) is 12.2 Å². The number of alkyl carbamates (subject to hydrolysis) is 1. The van der Waals surface area contributed by atoms with Gasteiger partial charge in [0.25, 0.3) is 5.56 Å². The highest BCUT2D eigenvalue weighted by molar-refractivity contribution is 6.00. The van der Waals surface area contributed by atoms with Crippen molar-refractivity contribution in [1.29, 1.82) is 0 Å². The number of rotatable bonds is 22. The maximum Gasteiger partial charge on any atom is 0.407 e. The van der Waals surface area contributed by atoms with Gasteiger partial charge in [-0.05, 0) is 54.2 Å². The first-order valence-electron chi connectivity index (χ1n) is 17.5. The Hall–Kier alpha value is -6.25. The van der Waals surface area contributed by atoms with Crippen LogP contribution in [0.2, 0.25) is 0 Å². The highest BCUT2D eigenvalue weighted by Gasteiger charge is 2.32. The average Bonchev–Trinajstić information content (AvgIpc) is 3.47. The molecule has 55 heavy (non-hydrogen) atoms. The highest BCUT2D eigenvalue weighted by atomic mass is 16.5. The first-order chi connectivity index (χ1) is 26.4. The molecule has 2 aromatic carbocycles. The first kappa shape index (κ1) is 41.5. The van der Waals surface area contributed by atoms with Crippen LogP contribution in [0.25, 0.3) is 11.1 Å². The zero-order valence-electron chi connectivity index (χ0n) is 30.4. The van der Waals surface area contributed by atoms with Crippen molar-refractivity contribution in [3.63, 3.8) is 0 Å². The molecule has 0 bridgehead atoms. The lowest BCUT2D eigenvalue weighted by Crippen LogP contribution is -2.45. The summed E-state index contributed by atoms with van der Waals surface area (Å²) >= 11 is 0. The van der Waals surface area contributed by atoms with Crippen molar-refractivity contribution in [1.82, 2.24) is 14.9 Å². The van der Waals surface area contributed by atoms with Gasteiger partial charge in [0.05, 0.1) is 26.2 Å². The maximum absolute atomic E-state index is 13.2. The van der Waals surface area contributed by atoms with Crippen LogP contribution in [0.4, 0.5) is 4.79 Å². The van der Waals surface area contributed by atoms with E-state index < -0.39 is 54.0 Å². The van der Waals surface area contributed by atoms with Gasteiger partial charge in [-0.3, -0.25) is 33.5 Å². The number of ether oxygens (including phenoxy) is 3. The Kier molecular flexibility index (Phi) is 15.3. The molecule has 0 fully saturated rings. The normalized spacial score (nSPS) is 12.6. The number of aryl methyl sites for hydroxylation is 1. The van der Waals surface area contributed by atoms with E-state index in [9.17, 15) is 38.7 Å². The molecule has 1 amide bonds. The largest absolute Gasteiger partial charge is 0.481 e. The van der Waals surface area contributed by atoms with Crippen molar-refractivity contribution >= 4 is 29.4 Å². The number of aromatic nitrogens is 2. The highest BCUT2D eigenvalue weighted by Crippen LogP contribution is 2.45. The second kappa shape index (κ2) is 20.3. The summed E-state index contributed by atoms with van der Waals surface area (Å²) in [7, 11) is 0. The van der Waals surface area contributed by atoms with Crippen molar-refractivity contribution in [2.24, 2.45) is 0 Å². The number of allylic oxidation sites excluding steroid dienone is 4. The fraction of sp³-hybridized carbons (Fsp3) is 0.293. The number of H-pyrrole nitrogens is 1. The van der Waals surface area contributed by atoms with Crippen molar-refractivity contribution in [3.8, 4) is 11.1 Å². The Labute approximate surface area is 316 Å². The number of nitrogens with one attached hydrogen (secondary N) is 2. The van der Waals surface area contributed by atoms with E-state index in [-0.39, 0.29) is 37.0 Å². The summed E-state index contributed by atoms with van der Waals surface area (Å²) < 4.78 is 17.6. The molecule has 0 saturated heterocycles. The number of Topliss-reactive ketones (excluding diaryl/α,β-unsaturated/α-hetero) is 3. The molecule has 0 saturated carbocycles. The lowest BCUT2D eigenvalue weighted by molar-refractivity contribution is -0.139. The summed E-state index contributed by atoms with van der Waals surface area (Å²) in [4.78, 5) is 90.2. The summed E-state index contributed by atoms with van der Waals surface area (Å²) in [6.07, 6.45) is 11.0. The number of fused-ring (bicyclic) bond motifs is 3. The molecule has 0 aliphatic heterocycles. The molecule has 288 valence electrons. The molecular weight excluding hydrogens is 710 g/mol. The molecule has 1 heterocycles. The fourth-order valence-corrected chi connectivity index (χ4v) is 5.85. The molecule has 14 nitrogen and oxygen atoms in total. The van der Waals surface area contributed by atoms with Crippen LogP contribution in [0.5, 0.6) is 0 Å². The number of carboxylic acid groups (broad SMARTS) is 1. The lowest BCUT2D eigenvalue weighted by atomic mass is 9.94. The van der Waals surface area contributed by atoms with Gasteiger partial charge in [-0.1, -0.05) is 73.9 Å². The van der Waals surface area contributed by atoms with Gasteiger partial charge in [0, 0.05) is 28.8 Å². The first-order valence-corrected chi connectivity index (χ1v) is 17.5. The number of carboxylic acids is 1. The predicted molar refractivity (Wildman–Crippen MR) is 204 cm³/mol. The molecule has 1 aliphatic rings. The average molecular weight is 754 g/mol. The second-order valence-electron chi connectivity index (χ2n) is 12.6. The van der Waals surface area contributed by atoms with Crippen LogP contribution in [0, 0.1) is 6.92 Å². The van der Waals surface area contributed by atoms with Gasteiger partial charge < -0.3 is 24.6 Å². The van der Waals surface area contributed by atoms with Crippen molar-refractivity contribution in [2.75, 3.05) is 33.0 Å². The number of nitrogens with zero attached hydrogens (tertiary/aromatic N) is 1. The minimum absolute atomic E-state index is 0.148. The van der Waals surface area contributed by atoms with E-state index in [1.165, 1.54) is 6.92 Å². The monoisotopic (exact) mass is 753 g/mol. The summed E-state index contributed by atoms with van der Waals surface area (Å²) in [5.41, 5.74) is 2.13. The van der Waals surface area contributed by atoms with Gasteiger partial charge in [-0.2, -0.15) is 0 Å².